The molecule has 0 aliphatic carbocycles. The van der Waals surface area contributed by atoms with Gasteiger partial charge in [0.15, 0.2) is 6.61 Å². The normalized spacial score (nSPS) is 10.7. The van der Waals surface area contributed by atoms with Gasteiger partial charge in [0.05, 0.1) is 4.92 Å². The molecule has 0 saturated carbocycles. The summed E-state index contributed by atoms with van der Waals surface area (Å²) in [6.07, 6.45) is 0.801. The smallest absolute Gasteiger partial charge is 0.345 e. The minimum Gasteiger partial charge on any atom is -0.454 e. The van der Waals surface area contributed by atoms with Crippen molar-refractivity contribution in [2.45, 2.75) is 26.8 Å². The molecule has 1 aromatic heterocycles. The second-order valence-corrected chi connectivity index (χ2v) is 6.64. The van der Waals surface area contributed by atoms with Crippen molar-refractivity contribution in [3.8, 4) is 0 Å². The summed E-state index contributed by atoms with van der Waals surface area (Å²) < 4.78 is 12.1. The number of benzene rings is 1. The monoisotopic (exact) mass is 408 g/mol. The van der Waals surface area contributed by atoms with Crippen molar-refractivity contribution < 1.29 is 24.0 Å². The van der Waals surface area contributed by atoms with Crippen LogP contribution in [0.5, 0.6) is 0 Å². The molecule has 0 atom stereocenters. The Kier molecular flexibility index (Phi) is 7.31. The summed E-state index contributed by atoms with van der Waals surface area (Å²) in [6, 6.07) is 5.35. The predicted octanol–water partition coefficient (Wildman–Crippen LogP) is 3.74. The fourth-order valence-electron chi connectivity index (χ4n) is 2.91. The van der Waals surface area contributed by atoms with E-state index in [1.54, 1.807) is 13.2 Å². The molecular formula is C19H21ClN2O6. The summed E-state index contributed by atoms with van der Waals surface area (Å²) in [4.78, 5) is 35.1. The van der Waals surface area contributed by atoms with Crippen molar-refractivity contribution in [1.29, 1.82) is 0 Å². The van der Waals surface area contributed by atoms with Crippen LogP contribution in [0.15, 0.2) is 24.3 Å². The van der Waals surface area contributed by atoms with Gasteiger partial charge < -0.3 is 14.0 Å². The van der Waals surface area contributed by atoms with E-state index >= 15 is 0 Å². The highest BCUT2D eigenvalue weighted by molar-refractivity contribution is 6.31. The number of hydrogen-bond donors (Lipinski definition) is 0. The summed E-state index contributed by atoms with van der Waals surface area (Å²) in [5, 5.41) is 11.2. The number of aromatic nitrogens is 1. The fraction of sp³-hybridized carbons (Fsp3) is 0.368. The topological polar surface area (TPSA) is 101 Å². The van der Waals surface area contributed by atoms with E-state index in [0.717, 1.165) is 23.9 Å². The van der Waals surface area contributed by atoms with Crippen molar-refractivity contribution in [1.82, 2.24) is 4.57 Å². The van der Waals surface area contributed by atoms with Crippen molar-refractivity contribution in [3.05, 3.63) is 61.9 Å². The molecule has 0 N–H and O–H groups in total. The number of Topliss-reactive ketones (excluding diaryl/α,β-unsaturated/α-hetero) is 1. The molecule has 28 heavy (non-hydrogen) atoms. The number of halogens is 1. The average molecular weight is 409 g/mol. The number of aryl methyl sites for hydroxylation is 1. The zero-order chi connectivity index (χ0) is 20.8. The molecule has 0 unspecified atom stereocenters. The number of methoxy groups -OCH3 is 1. The lowest BCUT2D eigenvalue weighted by Gasteiger charge is -2.09. The third-order valence-electron chi connectivity index (χ3n) is 4.31. The molecule has 9 heteroatoms. The van der Waals surface area contributed by atoms with Crippen LogP contribution < -0.4 is 0 Å². The summed E-state index contributed by atoms with van der Waals surface area (Å²) >= 11 is 5.73. The Morgan fingerprint density at radius 3 is 2.57 bits per heavy atom. The summed E-state index contributed by atoms with van der Waals surface area (Å²) in [6.45, 7) is 4.51. The first kappa shape index (κ1) is 21.6. The molecule has 2 rings (SSSR count). The molecule has 1 aromatic carbocycles. The van der Waals surface area contributed by atoms with Crippen LogP contribution in [0.3, 0.4) is 0 Å². The highest BCUT2D eigenvalue weighted by Gasteiger charge is 2.23. The van der Waals surface area contributed by atoms with Gasteiger partial charge in [-0.3, -0.25) is 14.9 Å². The minimum absolute atomic E-state index is 0.125. The van der Waals surface area contributed by atoms with Crippen LogP contribution in [0, 0.1) is 24.0 Å². The molecule has 0 aliphatic rings. The maximum Gasteiger partial charge on any atom is 0.345 e. The number of nitrogens with zero attached hydrogens (tertiary/aromatic N) is 2. The van der Waals surface area contributed by atoms with Gasteiger partial charge in [0.1, 0.15) is 5.56 Å². The molecule has 0 saturated heterocycles. The van der Waals surface area contributed by atoms with Crippen molar-refractivity contribution in [3.63, 3.8) is 0 Å². The second-order valence-electron chi connectivity index (χ2n) is 6.20. The third-order valence-corrected chi connectivity index (χ3v) is 4.55. The maximum absolute atomic E-state index is 12.5. The van der Waals surface area contributed by atoms with Gasteiger partial charge in [0.2, 0.25) is 5.78 Å². The molecule has 150 valence electrons. The van der Waals surface area contributed by atoms with Crippen LogP contribution >= 0.6 is 11.6 Å². The second kappa shape index (κ2) is 9.48. The van der Waals surface area contributed by atoms with Crippen molar-refractivity contribution in [2.24, 2.45) is 0 Å². The maximum atomic E-state index is 12.5. The van der Waals surface area contributed by atoms with Crippen molar-refractivity contribution >= 4 is 29.0 Å². The Labute approximate surface area is 167 Å². The Morgan fingerprint density at radius 1 is 1.21 bits per heavy atom. The highest BCUT2D eigenvalue weighted by atomic mass is 35.5. The lowest BCUT2D eigenvalue weighted by atomic mass is 10.1. The number of hydrogen-bond acceptors (Lipinski definition) is 6. The first-order valence-electron chi connectivity index (χ1n) is 8.56. The van der Waals surface area contributed by atoms with Crippen LogP contribution in [0.2, 0.25) is 5.02 Å². The number of esters is 1. The molecular weight excluding hydrogens is 388 g/mol. The van der Waals surface area contributed by atoms with Gasteiger partial charge in [-0.05, 0) is 38.5 Å². The number of ketones is 1. The van der Waals surface area contributed by atoms with E-state index in [9.17, 15) is 19.7 Å². The van der Waals surface area contributed by atoms with E-state index in [0.29, 0.717) is 18.7 Å². The van der Waals surface area contributed by atoms with E-state index in [1.807, 2.05) is 18.4 Å². The zero-order valence-electron chi connectivity index (χ0n) is 15.9. The van der Waals surface area contributed by atoms with E-state index in [2.05, 4.69) is 0 Å². The molecule has 0 aliphatic heterocycles. The quantitative estimate of drug-likeness (QED) is 0.206. The molecule has 0 radical (unpaired) electrons. The lowest BCUT2D eigenvalue weighted by molar-refractivity contribution is -0.385. The number of carbonyl (C=O) groups is 2. The standard InChI is InChI=1S/C19H21ClN2O6/c1-12-9-16(13(2)21(12)7-4-8-27-3)18(23)11-28-19(24)15-6-5-14(20)10-17(15)22(25)26/h5-6,9-10H,4,7-8,11H2,1-3H3. The lowest BCUT2D eigenvalue weighted by Crippen LogP contribution is -2.16. The molecule has 0 amide bonds. The number of nitro benzene ring substituents is 1. The van der Waals surface area contributed by atoms with Crippen LogP contribution in [0.4, 0.5) is 5.69 Å². The SMILES string of the molecule is COCCCn1c(C)cc(C(=O)COC(=O)c2ccc(Cl)cc2[N+](=O)[O-])c1C. The highest BCUT2D eigenvalue weighted by Crippen LogP contribution is 2.24. The molecule has 0 spiro atoms. The van der Waals surface area contributed by atoms with Crippen LogP contribution in [0.1, 0.15) is 38.5 Å². The molecule has 0 fully saturated rings. The van der Waals surface area contributed by atoms with E-state index in [-0.39, 0.29) is 16.4 Å². The average Bonchev–Trinajstić information content (AvgIpc) is 2.94. The van der Waals surface area contributed by atoms with E-state index in [4.69, 9.17) is 21.1 Å². The number of ether oxygens (including phenoxy) is 2. The van der Waals surface area contributed by atoms with Crippen LogP contribution in [-0.4, -0.2) is 41.6 Å². The number of rotatable bonds is 9. The molecule has 0 bridgehead atoms. The first-order valence-corrected chi connectivity index (χ1v) is 8.94. The fourth-order valence-corrected chi connectivity index (χ4v) is 3.08. The van der Waals surface area contributed by atoms with E-state index in [1.165, 1.54) is 12.1 Å². The summed E-state index contributed by atoms with van der Waals surface area (Å²) in [5.41, 5.74) is 1.41. The Hall–Kier alpha value is -2.71. The van der Waals surface area contributed by atoms with Gasteiger partial charge in [-0.15, -0.1) is 0 Å². The zero-order valence-corrected chi connectivity index (χ0v) is 16.6. The number of carbonyl (C=O) groups excluding carboxylic acids is 2. The van der Waals surface area contributed by atoms with Gasteiger partial charge in [-0.25, -0.2) is 4.79 Å². The van der Waals surface area contributed by atoms with Crippen LogP contribution in [0.25, 0.3) is 0 Å². The van der Waals surface area contributed by atoms with Crippen molar-refractivity contribution in [2.75, 3.05) is 20.3 Å². The number of nitro groups is 1. The molecule has 1 heterocycles. The van der Waals surface area contributed by atoms with Gasteiger partial charge in [-0.1, -0.05) is 11.6 Å². The van der Waals surface area contributed by atoms with E-state index < -0.39 is 23.2 Å². The van der Waals surface area contributed by atoms with Gasteiger partial charge in [-0.2, -0.15) is 0 Å². The Bertz CT molecular complexity index is 906. The Balaban J connectivity index is 2.10. The summed E-state index contributed by atoms with van der Waals surface area (Å²) in [5.74, 6) is -1.33. The predicted molar refractivity (Wildman–Crippen MR) is 103 cm³/mol. The third kappa shape index (κ3) is 4.96. The van der Waals surface area contributed by atoms with Crippen LogP contribution in [-0.2, 0) is 16.0 Å². The van der Waals surface area contributed by atoms with Gasteiger partial charge in [0, 0.05) is 48.3 Å². The summed E-state index contributed by atoms with van der Waals surface area (Å²) in [7, 11) is 1.63. The largest absolute Gasteiger partial charge is 0.454 e. The first-order chi connectivity index (χ1) is 13.3. The molecule has 2 aromatic rings. The molecule has 8 nitrogen and oxygen atoms in total. The Morgan fingerprint density at radius 2 is 1.93 bits per heavy atom. The van der Waals surface area contributed by atoms with Gasteiger partial charge in [0.25, 0.3) is 5.69 Å². The van der Waals surface area contributed by atoms with Gasteiger partial charge >= 0.3 is 5.97 Å². The minimum atomic E-state index is -0.953.